The van der Waals surface area contributed by atoms with Crippen LogP contribution in [0.1, 0.15) is 0 Å². The number of nitrogens with zero attached hydrogens (tertiary/aromatic N) is 1. The Labute approximate surface area is 91.3 Å². The van der Waals surface area contributed by atoms with E-state index in [0.29, 0.717) is 5.75 Å². The molecule has 0 saturated heterocycles. The summed E-state index contributed by atoms with van der Waals surface area (Å²) in [7, 11) is 1.40. The number of benzene rings is 1. The number of anilines is 1. The zero-order chi connectivity index (χ0) is 12.1. The molecule has 0 spiro atoms. The van der Waals surface area contributed by atoms with Crippen LogP contribution in [0.15, 0.2) is 18.2 Å². The van der Waals surface area contributed by atoms with Crippen molar-refractivity contribution in [3.05, 3.63) is 28.3 Å². The topological polar surface area (TPSA) is 107 Å². The Morgan fingerprint density at radius 3 is 2.81 bits per heavy atom. The zero-order valence-electron chi connectivity index (χ0n) is 8.60. The fourth-order valence-electron chi connectivity index (χ4n) is 1.11. The van der Waals surface area contributed by atoms with E-state index >= 15 is 0 Å². The summed E-state index contributed by atoms with van der Waals surface area (Å²) < 4.78 is 4.95. The van der Waals surface area contributed by atoms with Crippen LogP contribution in [-0.2, 0) is 4.79 Å². The van der Waals surface area contributed by atoms with E-state index in [1.807, 2.05) is 0 Å². The predicted octanol–water partition coefficient (Wildman–Crippen LogP) is 0.501. The van der Waals surface area contributed by atoms with Crippen LogP contribution in [0.5, 0.6) is 5.75 Å². The van der Waals surface area contributed by atoms with Gasteiger partial charge in [-0.15, -0.1) is 0 Å². The number of nitro benzene ring substituents is 1. The Hall–Kier alpha value is -2.15. The number of nitrogens with one attached hydrogen (secondary N) is 1. The van der Waals surface area contributed by atoms with Gasteiger partial charge in [-0.2, -0.15) is 0 Å². The van der Waals surface area contributed by atoms with Crippen LogP contribution in [0.2, 0.25) is 0 Å². The van der Waals surface area contributed by atoms with Crippen LogP contribution in [0.4, 0.5) is 11.4 Å². The second-order valence-corrected chi connectivity index (χ2v) is 2.89. The molecule has 0 unspecified atom stereocenters. The lowest BCUT2D eigenvalue weighted by molar-refractivity contribution is -0.384. The largest absolute Gasteiger partial charge is 0.495 e. The summed E-state index contributed by atoms with van der Waals surface area (Å²) in [6.45, 7) is -0.203. The summed E-state index contributed by atoms with van der Waals surface area (Å²) in [4.78, 5) is 21.0. The van der Waals surface area contributed by atoms with Crippen LogP contribution < -0.4 is 15.8 Å². The molecule has 3 N–H and O–H groups in total. The van der Waals surface area contributed by atoms with Crippen molar-refractivity contribution in [2.45, 2.75) is 0 Å². The number of hydrogen-bond acceptors (Lipinski definition) is 5. The van der Waals surface area contributed by atoms with Gasteiger partial charge in [0, 0.05) is 12.1 Å². The van der Waals surface area contributed by atoms with Gasteiger partial charge in [-0.1, -0.05) is 0 Å². The lowest BCUT2D eigenvalue weighted by atomic mass is 10.2. The van der Waals surface area contributed by atoms with Crippen LogP contribution in [-0.4, -0.2) is 24.5 Å². The lowest BCUT2D eigenvalue weighted by Crippen LogP contribution is -2.22. The second kappa shape index (κ2) is 5.08. The van der Waals surface area contributed by atoms with E-state index in [9.17, 15) is 14.9 Å². The Kier molecular flexibility index (Phi) is 3.78. The first-order valence-electron chi connectivity index (χ1n) is 4.41. The molecule has 16 heavy (non-hydrogen) atoms. The number of amides is 1. The Morgan fingerprint density at radius 2 is 2.31 bits per heavy atom. The Bertz CT molecular complexity index is 419. The molecule has 0 radical (unpaired) electrons. The van der Waals surface area contributed by atoms with Crippen molar-refractivity contribution >= 4 is 17.3 Å². The molecule has 1 rings (SSSR count). The molecule has 1 amide bonds. The fraction of sp³-hybridized carbons (Fsp3) is 0.222. The van der Waals surface area contributed by atoms with Gasteiger partial charge in [0.15, 0.2) is 0 Å². The van der Waals surface area contributed by atoms with E-state index in [4.69, 9.17) is 10.5 Å². The third-order valence-electron chi connectivity index (χ3n) is 1.85. The summed E-state index contributed by atoms with van der Waals surface area (Å²) in [5, 5.41) is 12.9. The van der Waals surface area contributed by atoms with Crippen LogP contribution >= 0.6 is 0 Å². The van der Waals surface area contributed by atoms with Gasteiger partial charge in [0.2, 0.25) is 5.91 Å². The third-order valence-corrected chi connectivity index (χ3v) is 1.85. The molecule has 1 aromatic carbocycles. The molecule has 0 aliphatic rings. The van der Waals surface area contributed by atoms with Crippen molar-refractivity contribution in [2.24, 2.45) is 5.73 Å². The SMILES string of the molecule is COc1ccc([N+](=O)[O-])cc1NC(=O)CN. The van der Waals surface area contributed by atoms with Gasteiger partial charge in [-0.25, -0.2) is 0 Å². The number of methoxy groups -OCH3 is 1. The summed E-state index contributed by atoms with van der Waals surface area (Å²) in [6, 6.07) is 3.91. The number of nitro groups is 1. The maximum atomic E-state index is 11.1. The van der Waals surface area contributed by atoms with Gasteiger partial charge in [0.1, 0.15) is 5.75 Å². The number of ether oxygens (including phenoxy) is 1. The van der Waals surface area contributed by atoms with Crippen LogP contribution in [0.25, 0.3) is 0 Å². The summed E-state index contributed by atoms with van der Waals surface area (Å²) in [6.07, 6.45) is 0. The van der Waals surface area contributed by atoms with Gasteiger partial charge >= 0.3 is 0 Å². The molecular formula is C9H11N3O4. The van der Waals surface area contributed by atoms with E-state index in [2.05, 4.69) is 5.32 Å². The number of non-ortho nitro benzene ring substituents is 1. The van der Waals surface area contributed by atoms with Gasteiger partial charge in [-0.3, -0.25) is 14.9 Å². The summed E-state index contributed by atoms with van der Waals surface area (Å²) >= 11 is 0. The van der Waals surface area contributed by atoms with Crippen molar-refractivity contribution in [1.82, 2.24) is 0 Å². The molecule has 0 saturated carbocycles. The van der Waals surface area contributed by atoms with E-state index in [1.54, 1.807) is 0 Å². The van der Waals surface area contributed by atoms with E-state index in [-0.39, 0.29) is 17.9 Å². The smallest absolute Gasteiger partial charge is 0.271 e. The monoisotopic (exact) mass is 225 g/mol. The maximum Gasteiger partial charge on any atom is 0.271 e. The molecule has 0 aromatic heterocycles. The Morgan fingerprint density at radius 1 is 1.62 bits per heavy atom. The molecule has 86 valence electrons. The predicted molar refractivity (Wildman–Crippen MR) is 57.3 cm³/mol. The standard InChI is InChI=1S/C9H11N3O4/c1-16-8-3-2-6(12(14)15)4-7(8)11-9(13)5-10/h2-4H,5,10H2,1H3,(H,11,13). The van der Waals surface area contributed by atoms with Gasteiger partial charge in [0.05, 0.1) is 24.3 Å². The number of carbonyl (C=O) groups excluding carboxylic acids is 1. The highest BCUT2D eigenvalue weighted by Gasteiger charge is 2.12. The van der Waals surface area contributed by atoms with Gasteiger partial charge < -0.3 is 15.8 Å². The fourth-order valence-corrected chi connectivity index (χ4v) is 1.11. The number of rotatable bonds is 4. The minimum atomic E-state index is -0.558. The molecule has 7 heteroatoms. The van der Waals surface area contributed by atoms with E-state index in [1.165, 1.54) is 25.3 Å². The quantitative estimate of drug-likeness (QED) is 0.573. The average Bonchev–Trinajstić information content (AvgIpc) is 2.28. The third kappa shape index (κ3) is 2.67. The average molecular weight is 225 g/mol. The highest BCUT2D eigenvalue weighted by molar-refractivity contribution is 5.93. The van der Waals surface area contributed by atoms with Gasteiger partial charge in [-0.05, 0) is 6.07 Å². The van der Waals surface area contributed by atoms with Crippen molar-refractivity contribution in [3.63, 3.8) is 0 Å². The van der Waals surface area contributed by atoms with Crippen molar-refractivity contribution in [1.29, 1.82) is 0 Å². The molecule has 0 heterocycles. The number of nitrogens with two attached hydrogens (primary N) is 1. The van der Waals surface area contributed by atoms with Crippen molar-refractivity contribution in [3.8, 4) is 5.75 Å². The first-order valence-corrected chi connectivity index (χ1v) is 4.41. The summed E-state index contributed by atoms with van der Waals surface area (Å²) in [5.41, 5.74) is 5.22. The molecule has 0 aliphatic carbocycles. The molecule has 0 fully saturated rings. The first kappa shape index (κ1) is 11.9. The highest BCUT2D eigenvalue weighted by atomic mass is 16.6. The molecule has 0 atom stereocenters. The molecule has 0 aliphatic heterocycles. The molecule has 7 nitrogen and oxygen atoms in total. The van der Waals surface area contributed by atoms with E-state index < -0.39 is 10.8 Å². The van der Waals surface area contributed by atoms with Gasteiger partial charge in [0.25, 0.3) is 5.69 Å². The Balaban J connectivity index is 3.06. The minimum Gasteiger partial charge on any atom is -0.495 e. The lowest BCUT2D eigenvalue weighted by Gasteiger charge is -2.08. The van der Waals surface area contributed by atoms with E-state index in [0.717, 1.165) is 0 Å². The van der Waals surface area contributed by atoms with Crippen LogP contribution in [0, 0.1) is 10.1 Å². The first-order chi connectivity index (χ1) is 7.58. The minimum absolute atomic E-state index is 0.131. The van der Waals surface area contributed by atoms with Crippen LogP contribution in [0.3, 0.4) is 0 Å². The number of hydrogen-bond donors (Lipinski definition) is 2. The normalized spacial score (nSPS) is 9.62. The zero-order valence-corrected chi connectivity index (χ0v) is 8.60. The molecule has 1 aromatic rings. The van der Waals surface area contributed by atoms with Crippen molar-refractivity contribution in [2.75, 3.05) is 19.0 Å². The maximum absolute atomic E-state index is 11.1. The second-order valence-electron chi connectivity index (χ2n) is 2.89. The molecular weight excluding hydrogens is 214 g/mol. The highest BCUT2D eigenvalue weighted by Crippen LogP contribution is 2.28. The molecule has 0 bridgehead atoms. The summed E-state index contributed by atoms with van der Waals surface area (Å²) in [5.74, 6) is -0.105. The van der Waals surface area contributed by atoms with Crippen molar-refractivity contribution < 1.29 is 14.5 Å². The number of carbonyl (C=O) groups is 1.